The molecule has 0 unspecified atom stereocenters. The van der Waals surface area contributed by atoms with Crippen LogP contribution in [0.25, 0.3) is 0 Å². The lowest BCUT2D eigenvalue weighted by Gasteiger charge is -2.46. The van der Waals surface area contributed by atoms with Gasteiger partial charge in [0.15, 0.2) is 0 Å². The Balaban J connectivity index is 2.00. The first-order chi connectivity index (χ1) is 10.1. The third-order valence-electron chi connectivity index (χ3n) is 4.59. The van der Waals surface area contributed by atoms with Crippen LogP contribution in [0.1, 0.15) is 29.8 Å². The standard InChI is InChI=1S/C16H25N3O2/c1-18(2)16(9-13-21-3)7-11-19(12-8-16)15(20)14-6-4-5-10-17-14/h4-6,10H,7-9,11-13H2,1-3H3. The number of hydrogen-bond acceptors (Lipinski definition) is 4. The van der Waals surface area contributed by atoms with E-state index in [1.807, 2.05) is 17.0 Å². The Hall–Kier alpha value is -1.46. The van der Waals surface area contributed by atoms with Crippen LogP contribution in [-0.2, 0) is 4.74 Å². The summed E-state index contributed by atoms with van der Waals surface area (Å²) in [5, 5.41) is 0. The van der Waals surface area contributed by atoms with Gasteiger partial charge in [0.25, 0.3) is 5.91 Å². The topological polar surface area (TPSA) is 45.7 Å². The molecule has 0 aliphatic carbocycles. The van der Waals surface area contributed by atoms with Crippen LogP contribution < -0.4 is 0 Å². The van der Waals surface area contributed by atoms with E-state index in [1.165, 1.54) is 0 Å². The van der Waals surface area contributed by atoms with Crippen molar-refractivity contribution in [1.29, 1.82) is 0 Å². The summed E-state index contributed by atoms with van der Waals surface area (Å²) >= 11 is 0. The Labute approximate surface area is 126 Å². The molecule has 2 rings (SSSR count). The number of hydrogen-bond donors (Lipinski definition) is 0. The van der Waals surface area contributed by atoms with Crippen LogP contribution in [0.5, 0.6) is 0 Å². The number of pyridine rings is 1. The normalized spacial score (nSPS) is 18.0. The maximum atomic E-state index is 12.4. The quantitative estimate of drug-likeness (QED) is 0.827. The fraction of sp³-hybridized carbons (Fsp3) is 0.625. The molecule has 21 heavy (non-hydrogen) atoms. The van der Waals surface area contributed by atoms with Gasteiger partial charge in [-0.1, -0.05) is 6.07 Å². The zero-order valence-corrected chi connectivity index (χ0v) is 13.2. The summed E-state index contributed by atoms with van der Waals surface area (Å²) < 4.78 is 5.25. The van der Waals surface area contributed by atoms with Crippen molar-refractivity contribution in [3.05, 3.63) is 30.1 Å². The number of nitrogens with zero attached hydrogens (tertiary/aromatic N) is 3. The molecule has 0 N–H and O–H groups in total. The van der Waals surface area contributed by atoms with Gasteiger partial charge in [0.2, 0.25) is 0 Å². The van der Waals surface area contributed by atoms with Crippen molar-refractivity contribution in [2.45, 2.75) is 24.8 Å². The van der Waals surface area contributed by atoms with E-state index in [4.69, 9.17) is 4.74 Å². The van der Waals surface area contributed by atoms with E-state index in [2.05, 4.69) is 24.0 Å². The van der Waals surface area contributed by atoms with Crippen molar-refractivity contribution in [2.24, 2.45) is 0 Å². The maximum Gasteiger partial charge on any atom is 0.272 e. The molecule has 1 aromatic heterocycles. The van der Waals surface area contributed by atoms with Crippen molar-refractivity contribution in [1.82, 2.24) is 14.8 Å². The fourth-order valence-electron chi connectivity index (χ4n) is 2.99. The fourth-order valence-corrected chi connectivity index (χ4v) is 2.99. The lowest BCUT2D eigenvalue weighted by atomic mass is 9.83. The number of carbonyl (C=O) groups is 1. The molecule has 1 fully saturated rings. The van der Waals surface area contributed by atoms with Crippen LogP contribution in [0.15, 0.2) is 24.4 Å². The van der Waals surface area contributed by atoms with Crippen LogP contribution in [-0.4, -0.2) is 67.1 Å². The van der Waals surface area contributed by atoms with Gasteiger partial charge in [-0.3, -0.25) is 9.78 Å². The summed E-state index contributed by atoms with van der Waals surface area (Å²) in [5.41, 5.74) is 0.670. The monoisotopic (exact) mass is 291 g/mol. The summed E-state index contributed by atoms with van der Waals surface area (Å²) in [7, 11) is 5.97. The van der Waals surface area contributed by atoms with Gasteiger partial charge in [-0.25, -0.2) is 0 Å². The molecule has 0 radical (unpaired) electrons. The zero-order valence-electron chi connectivity index (χ0n) is 13.2. The molecule has 1 amide bonds. The molecule has 0 atom stereocenters. The number of ether oxygens (including phenoxy) is 1. The van der Waals surface area contributed by atoms with E-state index in [0.29, 0.717) is 5.69 Å². The van der Waals surface area contributed by atoms with Crippen LogP contribution in [0.2, 0.25) is 0 Å². The molecule has 1 aliphatic heterocycles. The number of rotatable bonds is 5. The third-order valence-corrected chi connectivity index (χ3v) is 4.59. The second-order valence-corrected chi connectivity index (χ2v) is 5.87. The second-order valence-electron chi connectivity index (χ2n) is 5.87. The van der Waals surface area contributed by atoms with E-state index < -0.39 is 0 Å². The van der Waals surface area contributed by atoms with Crippen LogP contribution in [0, 0.1) is 0 Å². The van der Waals surface area contributed by atoms with Crippen molar-refractivity contribution in [2.75, 3.05) is 40.9 Å². The number of methoxy groups -OCH3 is 1. The summed E-state index contributed by atoms with van der Waals surface area (Å²) in [5.74, 6) is 0.0368. The smallest absolute Gasteiger partial charge is 0.272 e. The lowest BCUT2D eigenvalue weighted by Crippen LogP contribution is -2.54. The molecule has 1 aromatic rings. The number of aromatic nitrogens is 1. The molecule has 5 heteroatoms. The van der Waals surface area contributed by atoms with Crippen LogP contribution >= 0.6 is 0 Å². The Morgan fingerprint density at radius 1 is 1.38 bits per heavy atom. The Morgan fingerprint density at radius 2 is 2.10 bits per heavy atom. The number of piperidine rings is 1. The minimum absolute atomic E-state index is 0.0368. The van der Waals surface area contributed by atoms with Gasteiger partial charge >= 0.3 is 0 Å². The Morgan fingerprint density at radius 3 is 2.62 bits per heavy atom. The number of likely N-dealkylation sites (tertiary alicyclic amines) is 1. The molecule has 0 aromatic carbocycles. The molecular formula is C16H25N3O2. The van der Waals surface area contributed by atoms with Gasteiger partial charge in [-0.05, 0) is 45.5 Å². The Kier molecular flexibility index (Phi) is 5.31. The van der Waals surface area contributed by atoms with E-state index in [1.54, 1.807) is 19.4 Å². The van der Waals surface area contributed by atoms with Crippen molar-refractivity contribution in [3.63, 3.8) is 0 Å². The highest BCUT2D eigenvalue weighted by Crippen LogP contribution is 2.31. The van der Waals surface area contributed by atoms with E-state index in [-0.39, 0.29) is 11.4 Å². The molecule has 5 nitrogen and oxygen atoms in total. The average Bonchev–Trinajstić information content (AvgIpc) is 2.53. The van der Waals surface area contributed by atoms with E-state index >= 15 is 0 Å². The highest BCUT2D eigenvalue weighted by molar-refractivity contribution is 5.92. The van der Waals surface area contributed by atoms with Crippen molar-refractivity contribution < 1.29 is 9.53 Å². The summed E-state index contributed by atoms with van der Waals surface area (Å²) in [6.45, 7) is 2.31. The van der Waals surface area contributed by atoms with Gasteiger partial charge in [-0.2, -0.15) is 0 Å². The van der Waals surface area contributed by atoms with Gasteiger partial charge < -0.3 is 14.5 Å². The zero-order chi connectivity index (χ0) is 15.3. The summed E-state index contributed by atoms with van der Waals surface area (Å²) in [6.07, 6.45) is 4.62. The van der Waals surface area contributed by atoms with E-state index in [9.17, 15) is 4.79 Å². The van der Waals surface area contributed by atoms with E-state index in [0.717, 1.165) is 39.0 Å². The SMILES string of the molecule is COCCC1(N(C)C)CCN(C(=O)c2ccccn2)CC1. The predicted octanol–water partition coefficient (Wildman–Crippen LogP) is 1.65. The van der Waals surface area contributed by atoms with Crippen molar-refractivity contribution >= 4 is 5.91 Å². The minimum Gasteiger partial charge on any atom is -0.385 e. The molecule has 1 aliphatic rings. The van der Waals surface area contributed by atoms with Gasteiger partial charge in [-0.15, -0.1) is 0 Å². The first-order valence-electron chi connectivity index (χ1n) is 7.46. The number of carbonyl (C=O) groups excluding carboxylic acids is 1. The molecule has 116 valence electrons. The third kappa shape index (κ3) is 3.60. The average molecular weight is 291 g/mol. The number of amides is 1. The molecule has 2 heterocycles. The molecule has 0 bridgehead atoms. The molecule has 1 saturated heterocycles. The van der Waals surface area contributed by atoms with Gasteiger partial charge in [0.05, 0.1) is 0 Å². The second kappa shape index (κ2) is 7.00. The maximum absolute atomic E-state index is 12.4. The Bertz CT molecular complexity index is 454. The van der Waals surface area contributed by atoms with Crippen LogP contribution in [0.3, 0.4) is 0 Å². The molecule has 0 spiro atoms. The molecular weight excluding hydrogens is 266 g/mol. The first kappa shape index (κ1) is 15.9. The summed E-state index contributed by atoms with van der Waals surface area (Å²) in [6, 6.07) is 5.46. The van der Waals surface area contributed by atoms with Gasteiger partial charge in [0.1, 0.15) is 5.69 Å². The first-order valence-corrected chi connectivity index (χ1v) is 7.46. The highest BCUT2D eigenvalue weighted by atomic mass is 16.5. The highest BCUT2D eigenvalue weighted by Gasteiger charge is 2.37. The molecule has 0 saturated carbocycles. The van der Waals surface area contributed by atoms with Gasteiger partial charge in [0, 0.05) is 38.5 Å². The minimum atomic E-state index is 0.0368. The predicted molar refractivity (Wildman–Crippen MR) is 82.3 cm³/mol. The largest absolute Gasteiger partial charge is 0.385 e. The van der Waals surface area contributed by atoms with Crippen molar-refractivity contribution in [3.8, 4) is 0 Å². The van der Waals surface area contributed by atoms with Crippen LogP contribution in [0.4, 0.5) is 0 Å². The summed E-state index contributed by atoms with van der Waals surface area (Å²) in [4.78, 5) is 20.8. The lowest BCUT2D eigenvalue weighted by molar-refractivity contribution is 0.0251.